The molecule has 0 radical (unpaired) electrons. The number of nitrogens with one attached hydrogen (secondary N) is 3. The second kappa shape index (κ2) is 20.7. The van der Waals surface area contributed by atoms with Crippen molar-refractivity contribution in [3.8, 4) is 101 Å². The molecule has 0 spiro atoms. The van der Waals surface area contributed by atoms with Gasteiger partial charge in [-0.1, -0.05) is 237 Å². The number of benzene rings is 12. The summed E-state index contributed by atoms with van der Waals surface area (Å²) in [6.45, 7) is 0. The van der Waals surface area contributed by atoms with E-state index in [0.717, 1.165) is 101 Å². The number of aromatic amines is 3. The van der Waals surface area contributed by atoms with Crippen LogP contribution in [0.4, 0.5) is 17.1 Å². The van der Waals surface area contributed by atoms with Crippen molar-refractivity contribution < 1.29 is 0 Å². The van der Waals surface area contributed by atoms with Crippen LogP contribution in [0.2, 0.25) is 0 Å². The summed E-state index contributed by atoms with van der Waals surface area (Å²) in [6.07, 6.45) is 0. The number of aromatic nitrogens is 3. The summed E-state index contributed by atoms with van der Waals surface area (Å²) in [7, 11) is 0. The first-order chi connectivity index (χ1) is 40.6. The highest BCUT2D eigenvalue weighted by Crippen LogP contribution is 2.45. The van der Waals surface area contributed by atoms with Crippen LogP contribution in [-0.4, -0.2) is 15.0 Å². The lowest BCUT2D eigenvalue weighted by atomic mass is 9.96. The van der Waals surface area contributed by atoms with Crippen molar-refractivity contribution in [2.24, 2.45) is 0 Å². The predicted molar refractivity (Wildman–Crippen MR) is 346 cm³/mol. The average molecular weight is 1050 g/mol. The zero-order valence-electron chi connectivity index (χ0n) is 44.9. The van der Waals surface area contributed by atoms with Gasteiger partial charge in [0.1, 0.15) is 0 Å². The molecular weight excluding hydrogens is 993 g/mol. The summed E-state index contributed by atoms with van der Waals surface area (Å²) in [5.41, 5.74) is 27.5. The largest absolute Gasteiger partial charge is 0.354 e. The highest BCUT2D eigenvalue weighted by atomic mass is 15.1. The van der Waals surface area contributed by atoms with Crippen molar-refractivity contribution in [3.63, 3.8) is 0 Å². The van der Waals surface area contributed by atoms with Crippen molar-refractivity contribution in [3.05, 3.63) is 309 Å². The van der Waals surface area contributed by atoms with E-state index in [0.29, 0.717) is 0 Å². The molecule has 3 heterocycles. The highest BCUT2D eigenvalue weighted by Gasteiger charge is 2.21. The van der Waals surface area contributed by atoms with E-state index < -0.39 is 0 Å². The molecule has 0 aliphatic rings. The van der Waals surface area contributed by atoms with E-state index in [-0.39, 0.29) is 0 Å². The van der Waals surface area contributed by atoms with Crippen LogP contribution >= 0.6 is 0 Å². The van der Waals surface area contributed by atoms with Crippen LogP contribution in [0.15, 0.2) is 309 Å². The summed E-state index contributed by atoms with van der Waals surface area (Å²) < 4.78 is 0. The van der Waals surface area contributed by atoms with E-state index in [9.17, 15) is 0 Å². The molecule has 0 aliphatic heterocycles. The summed E-state index contributed by atoms with van der Waals surface area (Å²) in [6, 6.07) is 112. The molecular formula is C78H54N4. The van der Waals surface area contributed by atoms with Crippen molar-refractivity contribution in [2.45, 2.75) is 0 Å². The van der Waals surface area contributed by atoms with Crippen LogP contribution in [0.25, 0.3) is 133 Å². The van der Waals surface area contributed by atoms with Crippen molar-refractivity contribution >= 4 is 49.8 Å². The minimum atomic E-state index is 1.06. The van der Waals surface area contributed by atoms with Crippen LogP contribution in [0.5, 0.6) is 0 Å². The third-order valence-electron chi connectivity index (χ3n) is 16.1. The van der Waals surface area contributed by atoms with E-state index in [1.165, 1.54) is 49.5 Å². The lowest BCUT2D eigenvalue weighted by molar-refractivity contribution is 1.28. The van der Waals surface area contributed by atoms with Crippen LogP contribution in [0, 0.1) is 0 Å². The van der Waals surface area contributed by atoms with E-state index in [1.54, 1.807) is 0 Å². The van der Waals surface area contributed by atoms with Gasteiger partial charge in [-0.3, -0.25) is 0 Å². The molecule has 386 valence electrons. The van der Waals surface area contributed by atoms with Gasteiger partial charge in [-0.2, -0.15) is 0 Å². The Morgan fingerprint density at radius 2 is 0.402 bits per heavy atom. The predicted octanol–water partition coefficient (Wildman–Crippen LogP) is 21.6. The van der Waals surface area contributed by atoms with Gasteiger partial charge < -0.3 is 19.9 Å². The summed E-state index contributed by atoms with van der Waals surface area (Å²) in [5, 5.41) is 3.58. The van der Waals surface area contributed by atoms with Gasteiger partial charge in [-0.15, -0.1) is 0 Å². The first-order valence-electron chi connectivity index (χ1n) is 28.1. The standard InChI is InChI=1S/C78H54N4/c1-7-19-55(20-8-1)73-67-49-61(37-46-70(67)79-76(73)58-25-13-4-14-26-58)52-31-40-64(41-32-52)82(65-42-33-53(34-43-65)62-38-47-71-68(50-62)74(56-21-9-2-10-22-56)77(80-71)59-27-15-5-16-28-59)66-44-35-54(36-45-66)63-39-48-72-69(51-63)75(57-23-11-3-12-24-57)78(81-72)60-29-17-6-18-30-60/h1-51,79-81H. The molecule has 4 heteroatoms. The van der Waals surface area contributed by atoms with Gasteiger partial charge in [-0.05, 0) is 140 Å². The van der Waals surface area contributed by atoms with Crippen molar-refractivity contribution in [1.29, 1.82) is 0 Å². The van der Waals surface area contributed by atoms with E-state index in [4.69, 9.17) is 0 Å². The fourth-order valence-electron chi connectivity index (χ4n) is 12.1. The van der Waals surface area contributed by atoms with Gasteiger partial charge in [0.25, 0.3) is 0 Å². The van der Waals surface area contributed by atoms with Crippen molar-refractivity contribution in [2.75, 3.05) is 4.90 Å². The van der Waals surface area contributed by atoms with E-state index >= 15 is 0 Å². The summed E-state index contributed by atoms with van der Waals surface area (Å²) in [4.78, 5) is 13.7. The molecule has 15 aromatic rings. The van der Waals surface area contributed by atoms with Crippen molar-refractivity contribution in [1.82, 2.24) is 15.0 Å². The normalized spacial score (nSPS) is 11.4. The minimum Gasteiger partial charge on any atom is -0.354 e. The maximum atomic E-state index is 3.79. The van der Waals surface area contributed by atoms with Gasteiger partial charge in [0.2, 0.25) is 0 Å². The summed E-state index contributed by atoms with van der Waals surface area (Å²) in [5.74, 6) is 0. The fraction of sp³-hybridized carbons (Fsp3) is 0. The molecule has 3 N–H and O–H groups in total. The Labute approximate surface area is 476 Å². The van der Waals surface area contributed by atoms with Crippen LogP contribution in [0.3, 0.4) is 0 Å². The maximum absolute atomic E-state index is 3.79. The highest BCUT2D eigenvalue weighted by molar-refractivity contribution is 6.08. The molecule has 15 rings (SSSR count). The molecule has 4 nitrogen and oxygen atoms in total. The second-order valence-corrected chi connectivity index (χ2v) is 21.1. The SMILES string of the molecule is c1ccc(-c2[nH]c3ccc(-c4ccc(N(c5ccc(-c6ccc7[nH]c(-c8ccccc8)c(-c8ccccc8)c7c6)cc5)c5ccc(-c6ccc7[nH]c(-c8ccccc8)c(-c8ccccc8)c7c6)cc5)cc4)cc3c2-c2ccccc2)cc1. The number of anilines is 3. The molecule has 12 aromatic carbocycles. The molecule has 0 saturated carbocycles. The third kappa shape index (κ3) is 8.86. The Bertz CT molecular complexity index is 4230. The first kappa shape index (κ1) is 48.2. The first-order valence-corrected chi connectivity index (χ1v) is 28.1. The molecule has 0 bridgehead atoms. The quantitative estimate of drug-likeness (QED) is 0.112. The number of H-pyrrole nitrogens is 3. The van der Waals surface area contributed by atoms with E-state index in [1.807, 2.05) is 0 Å². The number of fused-ring (bicyclic) bond motifs is 3. The Hall–Kier alpha value is -10.9. The van der Waals surface area contributed by atoms with Gasteiger partial charge in [0.05, 0.1) is 17.1 Å². The second-order valence-electron chi connectivity index (χ2n) is 21.1. The number of rotatable bonds is 12. The van der Waals surface area contributed by atoms with Gasteiger partial charge >= 0.3 is 0 Å². The molecule has 0 amide bonds. The number of hydrogen-bond acceptors (Lipinski definition) is 1. The number of nitrogens with zero attached hydrogens (tertiary/aromatic N) is 1. The molecule has 0 fully saturated rings. The molecule has 82 heavy (non-hydrogen) atoms. The lowest BCUT2D eigenvalue weighted by Gasteiger charge is -2.26. The molecule has 0 aliphatic carbocycles. The fourth-order valence-corrected chi connectivity index (χ4v) is 12.1. The minimum absolute atomic E-state index is 1.06. The zero-order valence-corrected chi connectivity index (χ0v) is 44.9. The third-order valence-corrected chi connectivity index (χ3v) is 16.1. The molecule has 3 aromatic heterocycles. The molecule has 0 unspecified atom stereocenters. The number of hydrogen-bond donors (Lipinski definition) is 3. The Balaban J connectivity index is 0.815. The monoisotopic (exact) mass is 1050 g/mol. The van der Waals surface area contributed by atoms with Gasteiger partial charge in [0.15, 0.2) is 0 Å². The average Bonchev–Trinajstić information content (AvgIpc) is 4.39. The smallest absolute Gasteiger partial charge is 0.0544 e. The van der Waals surface area contributed by atoms with Gasteiger partial charge in [0, 0.05) is 66.5 Å². The zero-order chi connectivity index (χ0) is 54.3. The van der Waals surface area contributed by atoms with Crippen LogP contribution in [-0.2, 0) is 0 Å². The Morgan fingerprint density at radius 3 is 0.646 bits per heavy atom. The maximum Gasteiger partial charge on any atom is 0.0544 e. The molecule has 0 saturated heterocycles. The topological polar surface area (TPSA) is 50.6 Å². The Morgan fingerprint density at radius 1 is 0.183 bits per heavy atom. The summed E-state index contributed by atoms with van der Waals surface area (Å²) >= 11 is 0. The lowest BCUT2D eigenvalue weighted by Crippen LogP contribution is -2.09. The van der Waals surface area contributed by atoms with Crippen LogP contribution in [0.1, 0.15) is 0 Å². The van der Waals surface area contributed by atoms with Gasteiger partial charge in [-0.25, -0.2) is 0 Å². The Kier molecular flexibility index (Phi) is 12.2. The van der Waals surface area contributed by atoms with E-state index in [2.05, 4.69) is 329 Å². The molecule has 0 atom stereocenters. The van der Waals surface area contributed by atoms with Crippen LogP contribution < -0.4 is 4.90 Å².